The van der Waals surface area contributed by atoms with E-state index in [-0.39, 0.29) is 24.0 Å². The van der Waals surface area contributed by atoms with Crippen LogP contribution in [-0.2, 0) is 0 Å². The molecule has 0 spiro atoms. The lowest BCUT2D eigenvalue weighted by molar-refractivity contribution is 0.0901. The van der Waals surface area contributed by atoms with Gasteiger partial charge in [0.05, 0.1) is 12.2 Å². The van der Waals surface area contributed by atoms with Crippen LogP contribution in [-0.4, -0.2) is 22.4 Å². The van der Waals surface area contributed by atoms with Gasteiger partial charge < -0.3 is 10.2 Å². The van der Waals surface area contributed by atoms with Gasteiger partial charge in [0.25, 0.3) is 0 Å². The molecule has 0 aromatic carbocycles. The zero-order chi connectivity index (χ0) is 15.4. The molecular weight excluding hydrogens is 248 g/mol. The minimum absolute atomic E-state index is 0.127. The van der Waals surface area contributed by atoms with Crippen molar-refractivity contribution >= 4 is 0 Å². The first-order valence-corrected chi connectivity index (χ1v) is 8.21. The standard InChI is InChI=1S/C18H34O2/c1-5-9-11-17(19)15(7-3)13-14-16(8-4)18(20)12-10-6-2/h7-8,15-20H,3-6,9-14H2,1-2H3/t15-,16-,17-,18+/m0/s1. The largest absolute Gasteiger partial charge is 0.393 e. The Bertz CT molecular complexity index is 224. The van der Waals surface area contributed by atoms with Gasteiger partial charge in [-0.3, -0.25) is 0 Å². The van der Waals surface area contributed by atoms with E-state index in [0.717, 1.165) is 51.4 Å². The lowest BCUT2D eigenvalue weighted by Crippen LogP contribution is -2.23. The summed E-state index contributed by atoms with van der Waals surface area (Å²) in [6, 6.07) is 0. The Kier molecular flexibility index (Phi) is 11.8. The zero-order valence-corrected chi connectivity index (χ0v) is 13.4. The van der Waals surface area contributed by atoms with E-state index in [0.29, 0.717) is 0 Å². The van der Waals surface area contributed by atoms with E-state index in [1.165, 1.54) is 0 Å². The van der Waals surface area contributed by atoms with Crippen molar-refractivity contribution in [3.63, 3.8) is 0 Å². The van der Waals surface area contributed by atoms with Crippen LogP contribution in [0.5, 0.6) is 0 Å². The van der Waals surface area contributed by atoms with E-state index in [1.54, 1.807) is 0 Å². The lowest BCUT2D eigenvalue weighted by Gasteiger charge is -2.24. The van der Waals surface area contributed by atoms with Crippen LogP contribution in [0.1, 0.15) is 65.2 Å². The highest BCUT2D eigenvalue weighted by atomic mass is 16.3. The van der Waals surface area contributed by atoms with Gasteiger partial charge in [-0.2, -0.15) is 0 Å². The Hall–Kier alpha value is -0.600. The van der Waals surface area contributed by atoms with Crippen molar-refractivity contribution in [2.24, 2.45) is 11.8 Å². The molecule has 0 bridgehead atoms. The molecule has 0 aliphatic carbocycles. The number of hydrogen-bond acceptors (Lipinski definition) is 2. The van der Waals surface area contributed by atoms with Gasteiger partial charge in [0.2, 0.25) is 0 Å². The molecule has 0 heterocycles. The smallest absolute Gasteiger partial charge is 0.0602 e. The van der Waals surface area contributed by atoms with Gasteiger partial charge in [-0.25, -0.2) is 0 Å². The molecule has 2 N–H and O–H groups in total. The minimum Gasteiger partial charge on any atom is -0.393 e. The van der Waals surface area contributed by atoms with Gasteiger partial charge in [-0.05, 0) is 25.7 Å². The Morgan fingerprint density at radius 3 is 1.35 bits per heavy atom. The highest BCUT2D eigenvalue weighted by Gasteiger charge is 2.20. The summed E-state index contributed by atoms with van der Waals surface area (Å²) in [7, 11) is 0. The fourth-order valence-electron chi connectivity index (χ4n) is 2.57. The van der Waals surface area contributed by atoms with Crippen LogP contribution in [0.4, 0.5) is 0 Å². The van der Waals surface area contributed by atoms with Crippen LogP contribution in [0.15, 0.2) is 25.3 Å². The van der Waals surface area contributed by atoms with Gasteiger partial charge in [0, 0.05) is 11.8 Å². The Morgan fingerprint density at radius 2 is 1.10 bits per heavy atom. The first kappa shape index (κ1) is 19.4. The predicted molar refractivity (Wildman–Crippen MR) is 87.7 cm³/mol. The van der Waals surface area contributed by atoms with Gasteiger partial charge in [0.15, 0.2) is 0 Å². The highest BCUT2D eigenvalue weighted by molar-refractivity contribution is 4.89. The zero-order valence-electron chi connectivity index (χ0n) is 13.4. The molecule has 20 heavy (non-hydrogen) atoms. The van der Waals surface area contributed by atoms with Crippen LogP contribution >= 0.6 is 0 Å². The van der Waals surface area contributed by atoms with Crippen LogP contribution < -0.4 is 0 Å². The second-order valence-corrected chi connectivity index (χ2v) is 5.80. The van der Waals surface area contributed by atoms with Crippen molar-refractivity contribution in [1.29, 1.82) is 0 Å². The summed E-state index contributed by atoms with van der Waals surface area (Å²) in [5, 5.41) is 20.3. The molecule has 4 atom stereocenters. The molecular formula is C18H34O2. The molecule has 0 aromatic rings. The van der Waals surface area contributed by atoms with Gasteiger partial charge in [-0.1, -0.05) is 51.7 Å². The summed E-state index contributed by atoms with van der Waals surface area (Å²) < 4.78 is 0. The number of aliphatic hydroxyl groups is 2. The maximum Gasteiger partial charge on any atom is 0.0602 e. The molecule has 0 saturated carbocycles. The molecule has 0 aromatic heterocycles. The van der Waals surface area contributed by atoms with Crippen molar-refractivity contribution in [3.05, 3.63) is 25.3 Å². The van der Waals surface area contributed by atoms with Crippen molar-refractivity contribution in [1.82, 2.24) is 0 Å². The first-order chi connectivity index (χ1) is 9.60. The number of unbranched alkanes of at least 4 members (excludes halogenated alkanes) is 2. The Labute approximate surface area is 125 Å². The molecule has 2 heteroatoms. The van der Waals surface area contributed by atoms with E-state index >= 15 is 0 Å². The second-order valence-electron chi connectivity index (χ2n) is 5.80. The van der Waals surface area contributed by atoms with Crippen LogP contribution in [0.3, 0.4) is 0 Å². The third kappa shape index (κ3) is 7.86. The average molecular weight is 282 g/mol. The van der Waals surface area contributed by atoms with E-state index in [1.807, 2.05) is 12.2 Å². The Morgan fingerprint density at radius 1 is 0.750 bits per heavy atom. The normalized spacial score (nSPS) is 17.2. The molecule has 0 amide bonds. The molecule has 0 saturated heterocycles. The quantitative estimate of drug-likeness (QED) is 0.489. The number of hydrogen-bond donors (Lipinski definition) is 2. The Balaban J connectivity index is 4.23. The number of rotatable bonds is 13. The average Bonchev–Trinajstić information content (AvgIpc) is 2.46. The summed E-state index contributed by atoms with van der Waals surface area (Å²) in [4.78, 5) is 0. The van der Waals surface area contributed by atoms with Crippen molar-refractivity contribution in [2.75, 3.05) is 0 Å². The molecule has 0 radical (unpaired) electrons. The van der Waals surface area contributed by atoms with E-state index < -0.39 is 0 Å². The summed E-state index contributed by atoms with van der Waals surface area (Å²) in [5.41, 5.74) is 0. The molecule has 2 nitrogen and oxygen atoms in total. The summed E-state index contributed by atoms with van der Waals surface area (Å²) in [5.74, 6) is 0.254. The topological polar surface area (TPSA) is 40.5 Å². The summed E-state index contributed by atoms with van der Waals surface area (Å²) in [6.45, 7) is 11.9. The van der Waals surface area contributed by atoms with Gasteiger partial charge >= 0.3 is 0 Å². The fraction of sp³-hybridized carbons (Fsp3) is 0.778. The van der Waals surface area contributed by atoms with Crippen molar-refractivity contribution < 1.29 is 10.2 Å². The van der Waals surface area contributed by atoms with Gasteiger partial charge in [-0.15, -0.1) is 13.2 Å². The predicted octanol–water partition coefficient (Wildman–Crippen LogP) is 4.47. The van der Waals surface area contributed by atoms with Crippen molar-refractivity contribution in [2.45, 2.75) is 77.4 Å². The SMILES string of the molecule is C=C[C@@H](CC[C@H](C=C)[C@@H](O)CCCC)[C@H](O)CCCC. The first-order valence-electron chi connectivity index (χ1n) is 8.21. The van der Waals surface area contributed by atoms with Crippen molar-refractivity contribution in [3.8, 4) is 0 Å². The van der Waals surface area contributed by atoms with E-state index in [9.17, 15) is 10.2 Å². The maximum atomic E-state index is 10.1. The third-order valence-corrected chi connectivity index (χ3v) is 4.13. The summed E-state index contributed by atoms with van der Waals surface area (Å²) in [6.07, 6.45) is 10.8. The fourth-order valence-corrected chi connectivity index (χ4v) is 2.57. The van der Waals surface area contributed by atoms with Crippen LogP contribution in [0.2, 0.25) is 0 Å². The molecule has 118 valence electrons. The lowest BCUT2D eigenvalue weighted by atomic mass is 9.86. The molecule has 0 unspecified atom stereocenters. The van der Waals surface area contributed by atoms with E-state index in [4.69, 9.17) is 0 Å². The monoisotopic (exact) mass is 282 g/mol. The molecule has 0 rings (SSSR count). The number of aliphatic hydroxyl groups excluding tert-OH is 2. The van der Waals surface area contributed by atoms with E-state index in [2.05, 4.69) is 27.0 Å². The molecule has 0 aliphatic heterocycles. The third-order valence-electron chi connectivity index (χ3n) is 4.13. The highest BCUT2D eigenvalue weighted by Crippen LogP contribution is 2.24. The van der Waals surface area contributed by atoms with Crippen LogP contribution in [0.25, 0.3) is 0 Å². The summed E-state index contributed by atoms with van der Waals surface area (Å²) >= 11 is 0. The molecule has 0 aliphatic rings. The minimum atomic E-state index is -0.300. The molecule has 0 fully saturated rings. The maximum absolute atomic E-state index is 10.1. The van der Waals surface area contributed by atoms with Crippen LogP contribution in [0, 0.1) is 11.8 Å². The van der Waals surface area contributed by atoms with Gasteiger partial charge in [0.1, 0.15) is 0 Å². The second kappa shape index (κ2) is 12.2.